The summed E-state index contributed by atoms with van der Waals surface area (Å²) in [5.74, 6) is -0.245. The maximum atomic E-state index is 12.8. The molecule has 2 aromatic rings. The zero-order chi connectivity index (χ0) is 22.1. The minimum absolute atomic E-state index is 0.00166. The fraction of sp³-hybridized carbons (Fsp3) is 0.381. The number of carbonyl (C=O) groups is 2. The average Bonchev–Trinajstić information content (AvgIpc) is 3.18. The molecule has 0 N–H and O–H groups in total. The number of nitro benzene ring substituents is 1. The number of amides is 1. The van der Waals surface area contributed by atoms with Gasteiger partial charge in [-0.25, -0.2) is 9.78 Å². The Morgan fingerprint density at radius 1 is 1.30 bits per heavy atom. The molecule has 1 aromatic heterocycles. The molecule has 0 atom stereocenters. The summed E-state index contributed by atoms with van der Waals surface area (Å²) in [6, 6.07) is 5.97. The maximum Gasteiger partial charge on any atom is 0.357 e. The first kappa shape index (κ1) is 23.2. The first-order valence-corrected chi connectivity index (χ1v) is 10.5. The van der Waals surface area contributed by atoms with Gasteiger partial charge in [0.05, 0.1) is 18.1 Å². The molecule has 8 nitrogen and oxygen atoms in total. The van der Waals surface area contributed by atoms with Gasteiger partial charge in [0.15, 0.2) is 5.69 Å². The zero-order valence-electron chi connectivity index (χ0n) is 17.2. The number of carbonyl (C=O) groups excluding carboxylic acids is 2. The molecule has 0 aliphatic carbocycles. The molecule has 0 spiro atoms. The number of rotatable bonds is 10. The number of ether oxygens (including phenoxy) is 1. The summed E-state index contributed by atoms with van der Waals surface area (Å²) in [5, 5.41) is 13.0. The van der Waals surface area contributed by atoms with Gasteiger partial charge in [0.2, 0.25) is 5.91 Å². The summed E-state index contributed by atoms with van der Waals surface area (Å²) in [6.07, 6.45) is 3.90. The van der Waals surface area contributed by atoms with Gasteiger partial charge in [-0.15, -0.1) is 11.3 Å². The minimum Gasteiger partial charge on any atom is -0.461 e. The number of nitro groups is 1. The largest absolute Gasteiger partial charge is 0.461 e. The van der Waals surface area contributed by atoms with Crippen molar-refractivity contribution in [2.24, 2.45) is 5.92 Å². The molecule has 30 heavy (non-hydrogen) atoms. The summed E-state index contributed by atoms with van der Waals surface area (Å²) < 4.78 is 4.95. The van der Waals surface area contributed by atoms with Crippen LogP contribution in [-0.2, 0) is 16.1 Å². The van der Waals surface area contributed by atoms with Gasteiger partial charge in [0, 0.05) is 30.1 Å². The summed E-state index contributed by atoms with van der Waals surface area (Å²) in [5.41, 5.74) is 0.935. The highest BCUT2D eigenvalue weighted by molar-refractivity contribution is 7.09. The van der Waals surface area contributed by atoms with Crippen molar-refractivity contribution < 1.29 is 19.2 Å². The van der Waals surface area contributed by atoms with Gasteiger partial charge in [0.1, 0.15) is 5.01 Å². The topological polar surface area (TPSA) is 103 Å². The van der Waals surface area contributed by atoms with E-state index in [1.807, 2.05) is 0 Å². The minimum atomic E-state index is -0.474. The summed E-state index contributed by atoms with van der Waals surface area (Å²) in [4.78, 5) is 40.8. The molecule has 1 aromatic carbocycles. The molecule has 2 rings (SSSR count). The third kappa shape index (κ3) is 7.07. The lowest BCUT2D eigenvalue weighted by Gasteiger charge is -2.21. The Bertz CT molecular complexity index is 906. The van der Waals surface area contributed by atoms with Crippen LogP contribution in [0.1, 0.15) is 48.3 Å². The molecular formula is C21H25N3O5S. The second kappa shape index (κ2) is 11.2. The van der Waals surface area contributed by atoms with Crippen molar-refractivity contribution in [1.29, 1.82) is 0 Å². The number of thiazole rings is 1. The van der Waals surface area contributed by atoms with E-state index >= 15 is 0 Å². The molecule has 1 heterocycles. The molecule has 0 fully saturated rings. The Kier molecular flexibility index (Phi) is 8.67. The van der Waals surface area contributed by atoms with Gasteiger partial charge in [-0.05, 0) is 43.0 Å². The molecule has 0 unspecified atom stereocenters. The lowest BCUT2D eigenvalue weighted by molar-refractivity contribution is -0.384. The number of hydrogen-bond acceptors (Lipinski definition) is 7. The monoisotopic (exact) mass is 431 g/mol. The van der Waals surface area contributed by atoms with Gasteiger partial charge in [-0.1, -0.05) is 13.8 Å². The molecule has 160 valence electrons. The second-order valence-corrected chi connectivity index (χ2v) is 7.91. The van der Waals surface area contributed by atoms with E-state index in [2.05, 4.69) is 18.8 Å². The highest BCUT2D eigenvalue weighted by Gasteiger charge is 2.17. The van der Waals surface area contributed by atoms with Crippen LogP contribution in [0, 0.1) is 16.0 Å². The fourth-order valence-corrected chi connectivity index (χ4v) is 3.28. The molecule has 0 saturated heterocycles. The standard InChI is InChI=1S/C21H25N3O5S/c1-4-29-21(26)18-14-30-19(22-18)13-23(12-11-15(2)3)20(25)10-7-16-5-8-17(9-6-16)24(27)28/h5-10,14-15H,4,11-13H2,1-3H3. The number of esters is 1. The van der Waals surface area contributed by atoms with Crippen LogP contribution in [0.5, 0.6) is 0 Å². The Balaban J connectivity index is 2.10. The van der Waals surface area contributed by atoms with Gasteiger partial charge in [-0.2, -0.15) is 0 Å². The van der Waals surface area contributed by atoms with Crippen LogP contribution in [0.15, 0.2) is 35.7 Å². The first-order valence-electron chi connectivity index (χ1n) is 9.63. The van der Waals surface area contributed by atoms with Crippen molar-refractivity contribution in [2.45, 2.75) is 33.7 Å². The van der Waals surface area contributed by atoms with E-state index in [-0.39, 0.29) is 23.9 Å². The van der Waals surface area contributed by atoms with Gasteiger partial charge < -0.3 is 9.64 Å². The van der Waals surface area contributed by atoms with Crippen LogP contribution in [0.2, 0.25) is 0 Å². The van der Waals surface area contributed by atoms with E-state index in [4.69, 9.17) is 4.74 Å². The fourth-order valence-electron chi connectivity index (χ4n) is 2.51. The third-order valence-corrected chi connectivity index (χ3v) is 5.01. The third-order valence-electron chi connectivity index (χ3n) is 4.17. The van der Waals surface area contributed by atoms with Gasteiger partial charge >= 0.3 is 5.97 Å². The Morgan fingerprint density at radius 2 is 2.00 bits per heavy atom. The Labute approximate surface area is 179 Å². The first-order chi connectivity index (χ1) is 14.3. The van der Waals surface area contributed by atoms with Crippen LogP contribution in [0.4, 0.5) is 5.69 Å². The van der Waals surface area contributed by atoms with Crippen LogP contribution in [0.3, 0.4) is 0 Å². The summed E-state index contributed by atoms with van der Waals surface area (Å²) in [6.45, 7) is 7.01. The van der Waals surface area contributed by atoms with E-state index < -0.39 is 10.9 Å². The van der Waals surface area contributed by atoms with Crippen molar-refractivity contribution in [3.8, 4) is 0 Å². The SMILES string of the molecule is CCOC(=O)c1csc(CN(CCC(C)C)C(=O)C=Cc2ccc([N+](=O)[O-])cc2)n1. The smallest absolute Gasteiger partial charge is 0.357 e. The van der Waals surface area contributed by atoms with Crippen LogP contribution < -0.4 is 0 Å². The van der Waals surface area contributed by atoms with Crippen molar-refractivity contribution in [3.05, 3.63) is 62.1 Å². The summed E-state index contributed by atoms with van der Waals surface area (Å²) in [7, 11) is 0. The molecule has 0 radical (unpaired) electrons. The van der Waals surface area contributed by atoms with E-state index in [0.29, 0.717) is 29.6 Å². The highest BCUT2D eigenvalue weighted by Crippen LogP contribution is 2.16. The van der Waals surface area contributed by atoms with E-state index in [1.54, 1.807) is 35.4 Å². The maximum absolute atomic E-state index is 12.8. The van der Waals surface area contributed by atoms with Gasteiger partial charge in [-0.3, -0.25) is 14.9 Å². The zero-order valence-corrected chi connectivity index (χ0v) is 18.1. The number of nitrogens with zero attached hydrogens (tertiary/aromatic N) is 3. The van der Waals surface area contributed by atoms with Crippen molar-refractivity contribution >= 4 is 35.0 Å². The lowest BCUT2D eigenvalue weighted by atomic mass is 10.1. The van der Waals surface area contributed by atoms with Crippen molar-refractivity contribution in [2.75, 3.05) is 13.2 Å². The Hall–Kier alpha value is -3.07. The Morgan fingerprint density at radius 3 is 2.60 bits per heavy atom. The van der Waals surface area contributed by atoms with Crippen molar-refractivity contribution in [3.63, 3.8) is 0 Å². The predicted molar refractivity (Wildman–Crippen MR) is 115 cm³/mol. The molecule has 0 saturated carbocycles. The molecule has 9 heteroatoms. The average molecular weight is 432 g/mol. The van der Waals surface area contributed by atoms with Crippen LogP contribution >= 0.6 is 11.3 Å². The molecule has 0 bridgehead atoms. The predicted octanol–water partition coefficient (Wildman–Crippen LogP) is 4.32. The van der Waals surface area contributed by atoms with Gasteiger partial charge in [0.25, 0.3) is 5.69 Å². The molecule has 1 amide bonds. The number of benzene rings is 1. The quantitative estimate of drug-likeness (QED) is 0.240. The van der Waals surface area contributed by atoms with E-state index in [0.717, 1.165) is 6.42 Å². The van der Waals surface area contributed by atoms with E-state index in [1.165, 1.54) is 29.5 Å². The van der Waals surface area contributed by atoms with Crippen LogP contribution in [0.25, 0.3) is 6.08 Å². The number of hydrogen-bond donors (Lipinski definition) is 0. The van der Waals surface area contributed by atoms with Crippen molar-refractivity contribution in [1.82, 2.24) is 9.88 Å². The summed E-state index contributed by atoms with van der Waals surface area (Å²) >= 11 is 1.31. The number of aromatic nitrogens is 1. The van der Waals surface area contributed by atoms with Crippen LogP contribution in [-0.4, -0.2) is 39.8 Å². The number of non-ortho nitro benzene ring substituents is 1. The molecular weight excluding hydrogens is 406 g/mol. The lowest BCUT2D eigenvalue weighted by Crippen LogP contribution is -2.30. The van der Waals surface area contributed by atoms with E-state index in [9.17, 15) is 19.7 Å². The highest BCUT2D eigenvalue weighted by atomic mass is 32.1. The second-order valence-electron chi connectivity index (χ2n) is 6.97. The normalized spacial score (nSPS) is 11.1. The molecule has 0 aliphatic heterocycles. The molecule has 0 aliphatic rings.